The van der Waals surface area contributed by atoms with Crippen LogP contribution < -0.4 is 10.5 Å². The van der Waals surface area contributed by atoms with Crippen LogP contribution in [0.5, 0.6) is 5.75 Å². The minimum absolute atomic E-state index is 0.153. The molecule has 4 heteroatoms. The zero-order valence-electron chi connectivity index (χ0n) is 11.6. The maximum Gasteiger partial charge on any atom is 0.119 e. The predicted octanol–water partition coefficient (Wildman–Crippen LogP) is 1.49. The van der Waals surface area contributed by atoms with Gasteiger partial charge in [-0.1, -0.05) is 12.1 Å². The van der Waals surface area contributed by atoms with Gasteiger partial charge in [-0.05, 0) is 31.2 Å². The first kappa shape index (κ1) is 15.0. The average Bonchev–Trinajstić information content (AvgIpc) is 2.36. The molecule has 0 fully saturated rings. The number of nitrogens with two attached hydrogens (primary N) is 1. The maximum absolute atomic E-state index is 6.02. The summed E-state index contributed by atoms with van der Waals surface area (Å²) in [5.41, 5.74) is 7.26. The Balaban J connectivity index is 2.40. The van der Waals surface area contributed by atoms with Crippen molar-refractivity contribution in [3.63, 3.8) is 0 Å². The summed E-state index contributed by atoms with van der Waals surface area (Å²) < 4.78 is 10.2. The van der Waals surface area contributed by atoms with E-state index in [1.54, 1.807) is 14.2 Å². The fraction of sp³-hybridized carbons (Fsp3) is 0.571. The molecule has 1 rings (SSSR count). The molecule has 1 atom stereocenters. The maximum atomic E-state index is 6.02. The van der Waals surface area contributed by atoms with E-state index in [9.17, 15) is 0 Å². The molecular formula is C14H24N2O2. The average molecular weight is 252 g/mol. The van der Waals surface area contributed by atoms with Gasteiger partial charge in [0.25, 0.3) is 0 Å². The first-order valence-electron chi connectivity index (χ1n) is 6.21. The summed E-state index contributed by atoms with van der Waals surface area (Å²) in [4.78, 5) is 2.22. The first-order chi connectivity index (χ1) is 8.65. The molecule has 0 aliphatic heterocycles. The van der Waals surface area contributed by atoms with Crippen LogP contribution in [0.15, 0.2) is 24.3 Å². The molecule has 2 N–H and O–H groups in total. The lowest BCUT2D eigenvalue weighted by Crippen LogP contribution is -2.35. The van der Waals surface area contributed by atoms with E-state index in [0.29, 0.717) is 6.61 Å². The van der Waals surface area contributed by atoms with Crippen LogP contribution >= 0.6 is 0 Å². The molecule has 0 aliphatic rings. The molecule has 0 aromatic heterocycles. The molecule has 0 saturated heterocycles. The molecule has 0 amide bonds. The molecule has 1 aromatic rings. The monoisotopic (exact) mass is 252 g/mol. The number of likely N-dealkylation sites (N-methyl/N-ethyl adjacent to an activating group) is 1. The second-order valence-corrected chi connectivity index (χ2v) is 4.59. The second-order valence-electron chi connectivity index (χ2n) is 4.59. The lowest BCUT2D eigenvalue weighted by atomic mass is 10.1. The van der Waals surface area contributed by atoms with Crippen molar-refractivity contribution in [2.24, 2.45) is 5.73 Å². The number of rotatable bonds is 8. The smallest absolute Gasteiger partial charge is 0.119 e. The van der Waals surface area contributed by atoms with E-state index in [-0.39, 0.29) is 6.04 Å². The van der Waals surface area contributed by atoms with Crippen molar-refractivity contribution in [1.29, 1.82) is 0 Å². The van der Waals surface area contributed by atoms with Gasteiger partial charge in [0.1, 0.15) is 5.75 Å². The van der Waals surface area contributed by atoms with E-state index in [0.717, 1.165) is 25.3 Å². The van der Waals surface area contributed by atoms with E-state index >= 15 is 0 Å². The van der Waals surface area contributed by atoms with Gasteiger partial charge in [-0.2, -0.15) is 0 Å². The lowest BCUT2D eigenvalue weighted by molar-refractivity contribution is 0.179. The number of hydrogen-bond donors (Lipinski definition) is 1. The van der Waals surface area contributed by atoms with Crippen LogP contribution in [-0.4, -0.2) is 45.4 Å². The molecule has 0 radical (unpaired) electrons. The van der Waals surface area contributed by atoms with Crippen molar-refractivity contribution in [3.05, 3.63) is 29.8 Å². The van der Waals surface area contributed by atoms with Crippen LogP contribution in [0, 0.1) is 0 Å². The Morgan fingerprint density at radius 3 is 2.78 bits per heavy atom. The molecule has 0 saturated carbocycles. The summed E-state index contributed by atoms with van der Waals surface area (Å²) in [6, 6.07) is 8.26. The van der Waals surface area contributed by atoms with Gasteiger partial charge in [0, 0.05) is 32.8 Å². The number of hydrogen-bond acceptors (Lipinski definition) is 4. The largest absolute Gasteiger partial charge is 0.497 e. The number of benzene rings is 1. The number of methoxy groups -OCH3 is 2. The van der Waals surface area contributed by atoms with Gasteiger partial charge in [0.2, 0.25) is 0 Å². The molecule has 18 heavy (non-hydrogen) atoms. The summed E-state index contributed by atoms with van der Waals surface area (Å²) in [5.74, 6) is 0.893. The third-order valence-corrected chi connectivity index (χ3v) is 2.83. The molecular weight excluding hydrogens is 228 g/mol. The standard InChI is InChI=1S/C14H24N2O2/c1-16(11-13(15)7-8-17-2)10-12-5-4-6-14(9-12)18-3/h4-6,9,13H,7-8,10-11,15H2,1-3H3. The van der Waals surface area contributed by atoms with E-state index < -0.39 is 0 Å². The third kappa shape index (κ3) is 5.49. The van der Waals surface area contributed by atoms with Gasteiger partial charge < -0.3 is 20.1 Å². The fourth-order valence-corrected chi connectivity index (χ4v) is 1.91. The van der Waals surface area contributed by atoms with Crippen molar-refractivity contribution >= 4 is 0 Å². The third-order valence-electron chi connectivity index (χ3n) is 2.83. The number of ether oxygens (including phenoxy) is 2. The van der Waals surface area contributed by atoms with Crippen molar-refractivity contribution < 1.29 is 9.47 Å². The van der Waals surface area contributed by atoms with Gasteiger partial charge in [0.05, 0.1) is 7.11 Å². The highest BCUT2D eigenvalue weighted by Crippen LogP contribution is 2.13. The highest BCUT2D eigenvalue weighted by Gasteiger charge is 2.07. The minimum Gasteiger partial charge on any atom is -0.497 e. The van der Waals surface area contributed by atoms with E-state index in [4.69, 9.17) is 15.2 Å². The Labute approximate surface area is 110 Å². The Morgan fingerprint density at radius 2 is 2.11 bits per heavy atom. The SMILES string of the molecule is COCCC(N)CN(C)Cc1cccc(OC)c1. The topological polar surface area (TPSA) is 47.7 Å². The summed E-state index contributed by atoms with van der Waals surface area (Å²) in [7, 11) is 5.46. The zero-order chi connectivity index (χ0) is 13.4. The van der Waals surface area contributed by atoms with E-state index in [1.807, 2.05) is 12.1 Å². The summed E-state index contributed by atoms with van der Waals surface area (Å²) >= 11 is 0. The molecule has 102 valence electrons. The summed E-state index contributed by atoms with van der Waals surface area (Å²) in [6.45, 7) is 2.45. The predicted molar refractivity (Wildman–Crippen MR) is 73.8 cm³/mol. The van der Waals surface area contributed by atoms with Crippen LogP contribution in [0.3, 0.4) is 0 Å². The van der Waals surface area contributed by atoms with Crippen LogP contribution in [0.2, 0.25) is 0 Å². The van der Waals surface area contributed by atoms with Gasteiger partial charge >= 0.3 is 0 Å². The molecule has 0 bridgehead atoms. The van der Waals surface area contributed by atoms with E-state index in [1.165, 1.54) is 5.56 Å². The van der Waals surface area contributed by atoms with Crippen LogP contribution in [0.4, 0.5) is 0 Å². The van der Waals surface area contributed by atoms with Gasteiger partial charge in [-0.3, -0.25) is 0 Å². The van der Waals surface area contributed by atoms with Gasteiger partial charge in [-0.25, -0.2) is 0 Å². The molecule has 0 aliphatic carbocycles. The van der Waals surface area contributed by atoms with Crippen molar-refractivity contribution in [2.75, 3.05) is 34.4 Å². The summed E-state index contributed by atoms with van der Waals surface area (Å²) in [5, 5.41) is 0. The van der Waals surface area contributed by atoms with Crippen LogP contribution in [0.1, 0.15) is 12.0 Å². The minimum atomic E-state index is 0.153. The Kier molecular flexibility index (Phi) is 6.72. The van der Waals surface area contributed by atoms with Crippen LogP contribution in [0.25, 0.3) is 0 Å². The highest BCUT2D eigenvalue weighted by atomic mass is 16.5. The second kappa shape index (κ2) is 8.08. The van der Waals surface area contributed by atoms with E-state index in [2.05, 4.69) is 24.1 Å². The molecule has 4 nitrogen and oxygen atoms in total. The Hall–Kier alpha value is -1.10. The quantitative estimate of drug-likeness (QED) is 0.761. The fourth-order valence-electron chi connectivity index (χ4n) is 1.91. The zero-order valence-corrected chi connectivity index (χ0v) is 11.6. The first-order valence-corrected chi connectivity index (χ1v) is 6.21. The lowest BCUT2D eigenvalue weighted by Gasteiger charge is -2.21. The molecule has 1 aromatic carbocycles. The number of nitrogens with zero attached hydrogens (tertiary/aromatic N) is 1. The van der Waals surface area contributed by atoms with Crippen molar-refractivity contribution in [1.82, 2.24) is 4.90 Å². The van der Waals surface area contributed by atoms with Crippen molar-refractivity contribution in [2.45, 2.75) is 19.0 Å². The Bertz CT molecular complexity index is 344. The van der Waals surface area contributed by atoms with Crippen LogP contribution in [-0.2, 0) is 11.3 Å². The normalized spacial score (nSPS) is 12.7. The Morgan fingerprint density at radius 1 is 1.33 bits per heavy atom. The van der Waals surface area contributed by atoms with Gasteiger partial charge in [0.15, 0.2) is 0 Å². The molecule has 0 heterocycles. The molecule has 1 unspecified atom stereocenters. The molecule has 0 spiro atoms. The highest BCUT2D eigenvalue weighted by molar-refractivity contribution is 5.28. The van der Waals surface area contributed by atoms with Crippen molar-refractivity contribution in [3.8, 4) is 5.75 Å². The van der Waals surface area contributed by atoms with Gasteiger partial charge in [-0.15, -0.1) is 0 Å². The summed E-state index contributed by atoms with van der Waals surface area (Å²) in [6.07, 6.45) is 0.888.